The van der Waals surface area contributed by atoms with E-state index in [9.17, 15) is 9.50 Å². The fourth-order valence-corrected chi connectivity index (χ4v) is 2.31. The highest BCUT2D eigenvalue weighted by atomic mass is 31.2. The van der Waals surface area contributed by atoms with Gasteiger partial charge in [-0.3, -0.25) is 4.57 Å². The van der Waals surface area contributed by atoms with Crippen molar-refractivity contribution in [1.82, 2.24) is 19.5 Å². The SMILES string of the molecule is Nc1ncnc2c1ncn2[C@@H]1O[C@H](OOP(O)CO)[C@H](O)C1F. The van der Waals surface area contributed by atoms with E-state index in [-0.39, 0.29) is 17.0 Å². The molecule has 1 fully saturated rings. The summed E-state index contributed by atoms with van der Waals surface area (Å²) in [5.74, 6) is 0.118. The minimum Gasteiger partial charge on any atom is -0.387 e. The van der Waals surface area contributed by atoms with E-state index >= 15 is 0 Å². The van der Waals surface area contributed by atoms with Gasteiger partial charge in [0, 0.05) is 0 Å². The molecule has 13 heteroatoms. The van der Waals surface area contributed by atoms with Crippen LogP contribution in [0.5, 0.6) is 0 Å². The third-order valence-corrected chi connectivity index (χ3v) is 3.66. The Morgan fingerprint density at radius 1 is 1.43 bits per heavy atom. The van der Waals surface area contributed by atoms with Crippen molar-refractivity contribution in [2.24, 2.45) is 0 Å². The molecule has 3 rings (SSSR count). The molecule has 2 aromatic rings. The van der Waals surface area contributed by atoms with Gasteiger partial charge in [0.25, 0.3) is 0 Å². The van der Waals surface area contributed by atoms with Gasteiger partial charge in [-0.05, 0) is 0 Å². The summed E-state index contributed by atoms with van der Waals surface area (Å²) >= 11 is 0. The normalized spacial score (nSPS) is 29.2. The maximum absolute atomic E-state index is 14.3. The lowest BCUT2D eigenvalue weighted by Crippen LogP contribution is -2.30. The predicted octanol–water partition coefficient (Wildman–Crippen LogP) is -0.835. The van der Waals surface area contributed by atoms with E-state index in [0.29, 0.717) is 0 Å². The molecule has 0 amide bonds. The first kappa shape index (κ1) is 16.3. The molecule has 0 saturated carbocycles. The summed E-state index contributed by atoms with van der Waals surface area (Å²) in [5, 5.41) is 18.4. The van der Waals surface area contributed by atoms with Crippen molar-refractivity contribution in [2.45, 2.75) is 24.8 Å². The molecule has 11 nitrogen and oxygen atoms in total. The molecule has 1 saturated heterocycles. The molecule has 1 aliphatic rings. The zero-order valence-electron chi connectivity index (χ0n) is 11.4. The Bertz CT molecular complexity index is 691. The van der Waals surface area contributed by atoms with Gasteiger partial charge in [0.2, 0.25) is 14.7 Å². The van der Waals surface area contributed by atoms with Crippen molar-refractivity contribution in [3.63, 3.8) is 0 Å². The topological polar surface area (TPSA) is 158 Å². The maximum atomic E-state index is 14.3. The minimum atomic E-state index is -2.26. The van der Waals surface area contributed by atoms with Gasteiger partial charge in [-0.1, -0.05) is 0 Å². The van der Waals surface area contributed by atoms with Crippen LogP contribution in [0.1, 0.15) is 6.23 Å². The van der Waals surface area contributed by atoms with E-state index in [4.69, 9.17) is 20.5 Å². The summed E-state index contributed by atoms with van der Waals surface area (Å²) in [6, 6.07) is 0. The average molecular weight is 349 g/mol. The number of hydrogen-bond acceptors (Lipinski definition) is 10. The highest BCUT2D eigenvalue weighted by Crippen LogP contribution is 2.37. The molecule has 0 radical (unpaired) electrons. The first-order valence-electron chi connectivity index (χ1n) is 6.34. The Morgan fingerprint density at radius 2 is 2.22 bits per heavy atom. The molecule has 126 valence electrons. The Labute approximate surface area is 129 Å². The molecule has 3 heterocycles. The Hall–Kier alpha value is -1.53. The van der Waals surface area contributed by atoms with E-state index in [1.807, 2.05) is 0 Å². The van der Waals surface area contributed by atoms with E-state index in [1.54, 1.807) is 0 Å². The number of rotatable bonds is 5. The molecule has 0 aliphatic carbocycles. The molecule has 2 aromatic heterocycles. The summed E-state index contributed by atoms with van der Waals surface area (Å²) < 4.78 is 25.2. The first-order valence-corrected chi connectivity index (χ1v) is 7.74. The van der Waals surface area contributed by atoms with Crippen LogP contribution in [-0.2, 0) is 14.3 Å². The van der Waals surface area contributed by atoms with Crippen molar-refractivity contribution in [2.75, 3.05) is 12.1 Å². The fourth-order valence-electron chi connectivity index (χ4n) is 2.08. The van der Waals surface area contributed by atoms with E-state index in [1.165, 1.54) is 17.2 Å². The van der Waals surface area contributed by atoms with Crippen LogP contribution in [0.3, 0.4) is 0 Å². The number of imidazole rings is 1. The number of nitrogens with two attached hydrogens (primary N) is 1. The van der Waals surface area contributed by atoms with Crippen LogP contribution in [0.25, 0.3) is 11.2 Å². The highest BCUT2D eigenvalue weighted by molar-refractivity contribution is 7.45. The quantitative estimate of drug-likeness (QED) is 0.305. The van der Waals surface area contributed by atoms with Crippen LogP contribution in [-0.4, -0.2) is 59.5 Å². The number of aromatic nitrogens is 4. The Kier molecular flexibility index (Phi) is 4.64. The van der Waals surface area contributed by atoms with E-state index < -0.39 is 39.5 Å². The number of ether oxygens (including phenoxy) is 1. The van der Waals surface area contributed by atoms with Crippen LogP contribution in [0.15, 0.2) is 12.7 Å². The number of hydrogen-bond donors (Lipinski definition) is 4. The number of alkyl halides is 1. The Balaban J connectivity index is 1.81. The molecule has 23 heavy (non-hydrogen) atoms. The predicted molar refractivity (Wildman–Crippen MR) is 72.9 cm³/mol. The van der Waals surface area contributed by atoms with Gasteiger partial charge in [0.15, 0.2) is 23.9 Å². The summed E-state index contributed by atoms with van der Waals surface area (Å²) in [5.41, 5.74) is 6.13. The number of anilines is 1. The van der Waals surface area contributed by atoms with Gasteiger partial charge in [-0.2, -0.15) is 9.56 Å². The van der Waals surface area contributed by atoms with Crippen LogP contribution in [0.4, 0.5) is 10.2 Å². The Morgan fingerprint density at radius 3 is 2.96 bits per heavy atom. The number of aliphatic hydroxyl groups is 2. The number of fused-ring (bicyclic) bond motifs is 1. The second-order valence-corrected chi connectivity index (χ2v) is 5.71. The van der Waals surface area contributed by atoms with Crippen LogP contribution < -0.4 is 5.73 Å². The molecule has 5 atom stereocenters. The number of aliphatic hydroxyl groups excluding tert-OH is 2. The second-order valence-electron chi connectivity index (χ2n) is 4.58. The molecule has 0 aromatic carbocycles. The summed E-state index contributed by atoms with van der Waals surface area (Å²) in [6.07, 6.45) is -4.60. The fraction of sp³-hybridized carbons (Fsp3) is 0.500. The smallest absolute Gasteiger partial charge is 0.232 e. The van der Waals surface area contributed by atoms with Gasteiger partial charge in [-0.15, -0.1) is 0 Å². The lowest BCUT2D eigenvalue weighted by molar-refractivity contribution is -0.332. The van der Waals surface area contributed by atoms with Gasteiger partial charge in [0.05, 0.1) is 6.33 Å². The number of nitrogen functional groups attached to an aromatic ring is 1. The van der Waals surface area contributed by atoms with Gasteiger partial charge < -0.3 is 25.6 Å². The van der Waals surface area contributed by atoms with Gasteiger partial charge in [0.1, 0.15) is 24.3 Å². The van der Waals surface area contributed by atoms with Crippen molar-refractivity contribution in [3.05, 3.63) is 12.7 Å². The third-order valence-electron chi connectivity index (χ3n) is 3.16. The van der Waals surface area contributed by atoms with Crippen molar-refractivity contribution in [3.8, 4) is 0 Å². The standard InChI is InChI=1S/C10H13FN5O6P/c11-4-6(18)10(21-22-23(19)3-17)20-9(4)16-2-15-5-7(12)13-1-14-8(5)16/h1-2,4,6,9-10,17-19H,3H2,(H2,12,13,14)/t4?,6-,9-,10-,23?/m1/s1. The van der Waals surface area contributed by atoms with Crippen LogP contribution in [0, 0.1) is 0 Å². The molecular weight excluding hydrogens is 336 g/mol. The highest BCUT2D eigenvalue weighted by Gasteiger charge is 2.47. The van der Waals surface area contributed by atoms with Gasteiger partial charge in [-0.25, -0.2) is 19.3 Å². The maximum Gasteiger partial charge on any atom is 0.232 e. The third kappa shape index (κ3) is 2.97. The molecular formula is C10H13FN5O6P. The number of nitrogens with zero attached hydrogens (tertiary/aromatic N) is 4. The lowest BCUT2D eigenvalue weighted by atomic mass is 10.2. The van der Waals surface area contributed by atoms with E-state index in [0.717, 1.165) is 0 Å². The molecule has 1 aliphatic heterocycles. The average Bonchev–Trinajstić information content (AvgIpc) is 3.09. The molecule has 0 bridgehead atoms. The largest absolute Gasteiger partial charge is 0.387 e. The lowest BCUT2D eigenvalue weighted by Gasteiger charge is -2.15. The molecule has 5 N–H and O–H groups in total. The summed E-state index contributed by atoms with van der Waals surface area (Å²) in [7, 11) is -2.26. The summed E-state index contributed by atoms with van der Waals surface area (Å²) in [4.78, 5) is 25.4. The number of halogens is 1. The van der Waals surface area contributed by atoms with Crippen molar-refractivity contribution >= 4 is 25.4 Å². The van der Waals surface area contributed by atoms with Crippen molar-refractivity contribution < 1.29 is 33.8 Å². The van der Waals surface area contributed by atoms with Crippen molar-refractivity contribution in [1.29, 1.82) is 0 Å². The minimum absolute atomic E-state index is 0.118. The zero-order chi connectivity index (χ0) is 16.6. The van der Waals surface area contributed by atoms with Crippen LogP contribution in [0.2, 0.25) is 0 Å². The van der Waals surface area contributed by atoms with E-state index in [2.05, 4.69) is 24.5 Å². The summed E-state index contributed by atoms with van der Waals surface area (Å²) in [6.45, 7) is 0. The first-order chi connectivity index (χ1) is 11.0. The second kappa shape index (κ2) is 6.53. The molecule has 2 unspecified atom stereocenters. The van der Waals surface area contributed by atoms with Crippen LogP contribution >= 0.6 is 8.38 Å². The van der Waals surface area contributed by atoms with Gasteiger partial charge >= 0.3 is 0 Å². The zero-order valence-corrected chi connectivity index (χ0v) is 12.3. The monoisotopic (exact) mass is 349 g/mol. The molecule has 0 spiro atoms.